The number of carbonyl (C=O) groups is 2. The predicted molar refractivity (Wildman–Crippen MR) is 151 cm³/mol. The molecule has 2 N–H and O–H groups in total. The normalized spacial score (nSPS) is 11.5. The first-order valence-electron chi connectivity index (χ1n) is 11.7. The van der Waals surface area contributed by atoms with Gasteiger partial charge in [0.2, 0.25) is 0 Å². The standard InChI is InChI=1S/C28H24ClN5O4S/c1-20(21-9-8-12-24(18-21)31-28(36)22-10-7-11-23(29)17-22)32-33-27(35)19-34(26-15-5-6-16-30-26)39(37,38)25-13-3-2-4-14-25/h2-18H,19H2,1H3,(H,31,36)(H,33,35)/b32-20-. The summed E-state index contributed by atoms with van der Waals surface area (Å²) in [5, 5.41) is 7.38. The molecule has 0 aliphatic carbocycles. The zero-order valence-corrected chi connectivity index (χ0v) is 22.4. The summed E-state index contributed by atoms with van der Waals surface area (Å²) < 4.78 is 27.5. The Kier molecular flexibility index (Phi) is 8.70. The van der Waals surface area contributed by atoms with Crippen molar-refractivity contribution in [1.82, 2.24) is 10.4 Å². The fourth-order valence-corrected chi connectivity index (χ4v) is 5.13. The molecule has 0 radical (unpaired) electrons. The van der Waals surface area contributed by atoms with Crippen LogP contribution in [0, 0.1) is 0 Å². The third-order valence-electron chi connectivity index (χ3n) is 5.50. The second-order valence-electron chi connectivity index (χ2n) is 8.29. The molecule has 198 valence electrons. The van der Waals surface area contributed by atoms with Crippen LogP contribution in [0.15, 0.2) is 113 Å². The lowest BCUT2D eigenvalue weighted by Crippen LogP contribution is -2.40. The molecule has 0 aliphatic heterocycles. The average molecular weight is 562 g/mol. The Bertz CT molecular complexity index is 1610. The van der Waals surface area contributed by atoms with Gasteiger partial charge < -0.3 is 5.32 Å². The number of nitrogens with one attached hydrogen (secondary N) is 2. The van der Waals surface area contributed by atoms with Crippen LogP contribution in [0.2, 0.25) is 5.02 Å². The lowest BCUT2D eigenvalue weighted by Gasteiger charge is -2.22. The number of sulfonamides is 1. The Morgan fingerprint density at radius 3 is 2.33 bits per heavy atom. The van der Waals surface area contributed by atoms with E-state index in [9.17, 15) is 18.0 Å². The Morgan fingerprint density at radius 2 is 1.62 bits per heavy atom. The number of nitrogens with zero attached hydrogens (tertiary/aromatic N) is 3. The summed E-state index contributed by atoms with van der Waals surface area (Å²) in [7, 11) is -4.07. The molecule has 0 atom stereocenters. The Morgan fingerprint density at radius 1 is 0.897 bits per heavy atom. The molecule has 0 bridgehead atoms. The molecule has 4 rings (SSSR count). The lowest BCUT2D eigenvalue weighted by atomic mass is 10.1. The van der Waals surface area contributed by atoms with E-state index in [-0.39, 0.29) is 16.6 Å². The number of benzene rings is 3. The maximum atomic E-state index is 13.3. The van der Waals surface area contributed by atoms with Crippen molar-refractivity contribution in [3.63, 3.8) is 0 Å². The van der Waals surface area contributed by atoms with Crippen molar-refractivity contribution < 1.29 is 18.0 Å². The van der Waals surface area contributed by atoms with Crippen LogP contribution >= 0.6 is 11.6 Å². The minimum absolute atomic E-state index is 0.0276. The fourth-order valence-electron chi connectivity index (χ4n) is 3.54. The SMILES string of the molecule is C/C(=N/NC(=O)CN(c1ccccn1)S(=O)(=O)c1ccccc1)c1cccc(NC(=O)c2cccc(Cl)c2)c1. The number of anilines is 2. The Balaban J connectivity index is 1.48. The van der Waals surface area contributed by atoms with E-state index in [1.54, 1.807) is 85.8 Å². The van der Waals surface area contributed by atoms with Crippen LogP contribution in [0.1, 0.15) is 22.8 Å². The van der Waals surface area contributed by atoms with Gasteiger partial charge in [-0.25, -0.2) is 23.1 Å². The zero-order chi connectivity index (χ0) is 27.8. The topological polar surface area (TPSA) is 121 Å². The second-order valence-corrected chi connectivity index (χ2v) is 10.6. The van der Waals surface area contributed by atoms with E-state index in [0.717, 1.165) is 4.31 Å². The van der Waals surface area contributed by atoms with Gasteiger partial charge in [0.1, 0.15) is 12.4 Å². The number of hydrogen-bond acceptors (Lipinski definition) is 6. The molecule has 0 unspecified atom stereocenters. The summed E-state index contributed by atoms with van der Waals surface area (Å²) in [5.41, 5.74) is 4.42. The molecule has 1 heterocycles. The molecule has 3 aromatic carbocycles. The summed E-state index contributed by atoms with van der Waals surface area (Å²) >= 11 is 5.97. The monoisotopic (exact) mass is 561 g/mol. The average Bonchev–Trinajstić information content (AvgIpc) is 2.95. The second kappa shape index (κ2) is 12.3. The van der Waals surface area contributed by atoms with Crippen molar-refractivity contribution in [1.29, 1.82) is 0 Å². The molecule has 0 aliphatic rings. The van der Waals surface area contributed by atoms with Gasteiger partial charge in [-0.1, -0.05) is 54.1 Å². The Labute approximate surface area is 231 Å². The summed E-state index contributed by atoms with van der Waals surface area (Å²) in [6, 6.07) is 26.1. The number of rotatable bonds is 9. The molecule has 11 heteroatoms. The number of hydrazone groups is 1. The fraction of sp³-hybridized carbons (Fsp3) is 0.0714. The molecule has 9 nitrogen and oxygen atoms in total. The maximum absolute atomic E-state index is 13.3. The van der Waals surface area contributed by atoms with Crippen LogP contribution in [0.5, 0.6) is 0 Å². The third kappa shape index (κ3) is 7.07. The molecular formula is C28H24ClN5O4S. The van der Waals surface area contributed by atoms with Gasteiger partial charge >= 0.3 is 0 Å². The molecular weight excluding hydrogens is 538 g/mol. The van der Waals surface area contributed by atoms with Crippen LogP contribution < -0.4 is 15.0 Å². The van der Waals surface area contributed by atoms with Gasteiger partial charge in [-0.2, -0.15) is 5.10 Å². The smallest absolute Gasteiger partial charge is 0.265 e. The van der Waals surface area contributed by atoms with Crippen molar-refractivity contribution in [2.24, 2.45) is 5.10 Å². The van der Waals surface area contributed by atoms with Gasteiger partial charge in [0, 0.05) is 22.5 Å². The van der Waals surface area contributed by atoms with Gasteiger partial charge in [-0.05, 0) is 67.1 Å². The number of amides is 2. The largest absolute Gasteiger partial charge is 0.322 e. The highest BCUT2D eigenvalue weighted by molar-refractivity contribution is 7.92. The molecule has 39 heavy (non-hydrogen) atoms. The summed E-state index contributed by atoms with van der Waals surface area (Å²) in [4.78, 5) is 29.5. The van der Waals surface area contributed by atoms with Crippen LogP contribution in [0.4, 0.5) is 11.5 Å². The summed E-state index contributed by atoms with van der Waals surface area (Å²) in [5.74, 6) is -0.892. The van der Waals surface area contributed by atoms with Gasteiger partial charge in [0.25, 0.3) is 21.8 Å². The van der Waals surface area contributed by atoms with Crippen molar-refractivity contribution in [2.45, 2.75) is 11.8 Å². The highest BCUT2D eigenvalue weighted by Gasteiger charge is 2.27. The first-order valence-corrected chi connectivity index (χ1v) is 13.5. The first kappa shape index (κ1) is 27.5. The summed E-state index contributed by atoms with van der Waals surface area (Å²) in [6.45, 7) is 1.14. The van der Waals surface area contributed by atoms with Crippen LogP contribution in [0.3, 0.4) is 0 Å². The minimum atomic E-state index is -4.07. The van der Waals surface area contributed by atoms with E-state index in [2.05, 4.69) is 20.8 Å². The van der Waals surface area contributed by atoms with Crippen molar-refractivity contribution >= 4 is 50.7 Å². The van der Waals surface area contributed by atoms with Gasteiger partial charge in [0.15, 0.2) is 0 Å². The minimum Gasteiger partial charge on any atom is -0.322 e. The molecule has 2 amide bonds. The van der Waals surface area contributed by atoms with Crippen LogP contribution in [-0.4, -0.2) is 37.5 Å². The van der Waals surface area contributed by atoms with E-state index in [1.807, 2.05) is 0 Å². The van der Waals surface area contributed by atoms with E-state index in [1.165, 1.54) is 24.4 Å². The van der Waals surface area contributed by atoms with Gasteiger partial charge in [-0.3, -0.25) is 9.59 Å². The zero-order valence-electron chi connectivity index (χ0n) is 20.8. The molecule has 0 spiro atoms. The van der Waals surface area contributed by atoms with Gasteiger partial charge in [-0.15, -0.1) is 0 Å². The maximum Gasteiger partial charge on any atom is 0.265 e. The molecule has 0 fully saturated rings. The number of hydrogen-bond donors (Lipinski definition) is 2. The van der Waals surface area contributed by atoms with Crippen molar-refractivity contribution in [3.8, 4) is 0 Å². The molecule has 1 aromatic heterocycles. The van der Waals surface area contributed by atoms with Crippen molar-refractivity contribution in [2.75, 3.05) is 16.2 Å². The van der Waals surface area contributed by atoms with E-state index in [4.69, 9.17) is 11.6 Å². The third-order valence-corrected chi connectivity index (χ3v) is 7.50. The van der Waals surface area contributed by atoms with E-state index in [0.29, 0.717) is 27.5 Å². The van der Waals surface area contributed by atoms with Gasteiger partial charge in [0.05, 0.1) is 10.6 Å². The lowest BCUT2D eigenvalue weighted by molar-refractivity contribution is -0.119. The summed E-state index contributed by atoms with van der Waals surface area (Å²) in [6.07, 6.45) is 1.45. The number of aromatic nitrogens is 1. The molecule has 0 saturated carbocycles. The number of carbonyl (C=O) groups excluding carboxylic acids is 2. The number of pyridine rings is 1. The highest BCUT2D eigenvalue weighted by atomic mass is 35.5. The van der Waals surface area contributed by atoms with E-state index >= 15 is 0 Å². The van der Waals surface area contributed by atoms with E-state index < -0.39 is 22.5 Å². The highest BCUT2D eigenvalue weighted by Crippen LogP contribution is 2.21. The first-order chi connectivity index (χ1) is 18.7. The van der Waals surface area contributed by atoms with Crippen LogP contribution in [0.25, 0.3) is 0 Å². The van der Waals surface area contributed by atoms with Crippen LogP contribution in [-0.2, 0) is 14.8 Å². The molecule has 4 aromatic rings. The predicted octanol–water partition coefficient (Wildman–Crippen LogP) is 4.72. The quantitative estimate of drug-likeness (QED) is 0.226. The molecule has 0 saturated heterocycles. The number of halogens is 1. The van der Waals surface area contributed by atoms with Crippen molar-refractivity contribution in [3.05, 3.63) is 119 Å². The Hall–Kier alpha value is -4.54.